The van der Waals surface area contributed by atoms with Gasteiger partial charge >= 0.3 is 42.1 Å². The fourth-order valence-corrected chi connectivity index (χ4v) is 10.2. The van der Waals surface area contributed by atoms with Crippen LogP contribution in [-0.4, -0.2) is 188 Å². The summed E-state index contributed by atoms with van der Waals surface area (Å²) in [6.07, 6.45) is -5.50. The van der Waals surface area contributed by atoms with Crippen molar-refractivity contribution in [2.24, 2.45) is 22.9 Å². The molecular formula is C68H81F3N12O19. The largest absolute Gasteiger partial charge is 0.490 e. The van der Waals surface area contributed by atoms with E-state index < -0.39 is 145 Å². The van der Waals surface area contributed by atoms with Crippen molar-refractivity contribution in [3.05, 3.63) is 174 Å². The SMILES string of the molecule is NCCCC[C@@H]1NC(=O)[C@@H](Cc2c[nH]c3ccccc23)NC(=O)[C@@H](c2ccccc2)NC(=O)[C@@H]2C[C@@H](OC(=O)NCCN)CN2C(=O)[C@H](Cc2ccccc2)NC(=O)[C@H](Cc2ccc(OCc3ccccc3)cc2)NC1=O.N[C@@H](CC(=O)O)C(=O)O.N[C@@H](CC(=O)O)C(=O)O.O=C(O)C(F)(F)F. The van der Waals surface area contributed by atoms with E-state index in [1.54, 1.807) is 85.1 Å². The molecule has 102 heavy (non-hydrogen) atoms. The number of nitrogens with two attached hydrogens (primary N) is 4. The Hall–Kier alpha value is -11.5. The lowest BCUT2D eigenvalue weighted by atomic mass is 9.99. The predicted octanol–water partition coefficient (Wildman–Crippen LogP) is 1.75. The molecule has 9 atom stereocenters. The third-order valence-electron chi connectivity index (χ3n) is 15.3. The van der Waals surface area contributed by atoms with E-state index in [4.69, 9.17) is 62.7 Å². The molecule has 548 valence electrons. The second kappa shape index (κ2) is 40.5. The molecular weight excluding hydrogens is 1350 g/mol. The molecule has 31 nitrogen and oxygen atoms in total. The Bertz CT molecular complexity index is 3770. The van der Waals surface area contributed by atoms with Gasteiger partial charge in [0, 0.05) is 55.9 Å². The second-order valence-corrected chi connectivity index (χ2v) is 23.1. The number of nitrogens with one attached hydrogen (secondary N) is 7. The van der Waals surface area contributed by atoms with Gasteiger partial charge in [-0.15, -0.1) is 0 Å². The summed E-state index contributed by atoms with van der Waals surface area (Å²) >= 11 is 0. The number of H-pyrrole nitrogens is 1. The Morgan fingerprint density at radius 2 is 1.06 bits per heavy atom. The smallest absolute Gasteiger partial charge is 0.489 e. The highest BCUT2D eigenvalue weighted by molar-refractivity contribution is 5.99. The minimum atomic E-state index is -5.08. The Morgan fingerprint density at radius 1 is 0.569 bits per heavy atom. The first-order chi connectivity index (χ1) is 48.5. The molecule has 2 aliphatic rings. The number of carbonyl (C=O) groups is 12. The molecule has 2 fully saturated rings. The number of amides is 7. The Kier molecular flexibility index (Phi) is 32.3. The fraction of sp³-hybridized carbons (Fsp3) is 0.353. The molecule has 7 amide bonds. The summed E-state index contributed by atoms with van der Waals surface area (Å²) < 4.78 is 43.5. The predicted molar refractivity (Wildman–Crippen MR) is 358 cm³/mol. The maximum absolute atomic E-state index is 15.3. The number of fused-ring (bicyclic) bond motifs is 2. The van der Waals surface area contributed by atoms with Crippen molar-refractivity contribution in [2.75, 3.05) is 26.2 Å². The molecule has 0 bridgehead atoms. The number of alkyl carbamates (subject to hydrolysis) is 1. The van der Waals surface area contributed by atoms with Crippen LogP contribution in [0.15, 0.2) is 146 Å². The standard InChI is InChI=1S/C58H66N10O9.2C4H7NO4.C2HF3O2/c59-27-13-12-22-46-52(69)64-47(30-38-23-25-42(26-24-38)76-36-39-16-6-2-7-17-39)53(70)66-49(31-37-14-4-1-5-15-37)57(74)68-35-43(77-58(75)61-29-28-60)33-50(68)55(72)67-51(40-18-8-3-9-19-40)56(73)65-48(54(71)63-46)32-41-34-62-45-21-11-10-20-44(41)45;2*5-2(4(8)9)1-3(6)7;3-2(4,5)1(6)7/h1-11,14-21,23-26,34,43,46-51,62H,12-13,22,27-33,35-36,59-60H2,(H,61,75)(H,63,71)(H,64,69)(H,65,73)(H,66,70)(H,67,72);2*2H,1,5H2,(H,6,7)(H,8,9);(H,6,7)/t43-,46+,47+,48-,49+,50+,51-;2*2-;/m100./s1. The van der Waals surface area contributed by atoms with Gasteiger partial charge in [0.05, 0.1) is 19.4 Å². The molecule has 0 spiro atoms. The number of para-hydroxylation sites is 1. The van der Waals surface area contributed by atoms with Crippen LogP contribution in [0.3, 0.4) is 0 Å². The Morgan fingerprint density at radius 3 is 1.60 bits per heavy atom. The summed E-state index contributed by atoms with van der Waals surface area (Å²) in [5.41, 5.74) is 25.3. The van der Waals surface area contributed by atoms with Crippen LogP contribution in [-0.2, 0) is 83.3 Å². The Balaban J connectivity index is 0.000000635. The maximum Gasteiger partial charge on any atom is 0.490 e. The number of aromatic nitrogens is 1. The average molecular weight is 1430 g/mol. The van der Waals surface area contributed by atoms with Crippen molar-refractivity contribution in [3.8, 4) is 5.75 Å². The van der Waals surface area contributed by atoms with Crippen molar-refractivity contribution < 1.29 is 106 Å². The number of rotatable bonds is 23. The number of ether oxygens (including phenoxy) is 2. The van der Waals surface area contributed by atoms with Crippen LogP contribution >= 0.6 is 0 Å². The molecule has 2 saturated heterocycles. The normalized spacial score (nSPS) is 19.3. The third kappa shape index (κ3) is 27.0. The van der Waals surface area contributed by atoms with Gasteiger partial charge in [-0.1, -0.05) is 121 Å². The van der Waals surface area contributed by atoms with Crippen LogP contribution in [0.4, 0.5) is 18.0 Å². The van der Waals surface area contributed by atoms with Gasteiger partial charge in [-0.2, -0.15) is 13.2 Å². The number of halogens is 3. The van der Waals surface area contributed by atoms with E-state index in [2.05, 4.69) is 36.9 Å². The molecule has 34 heteroatoms. The van der Waals surface area contributed by atoms with E-state index in [0.29, 0.717) is 54.0 Å². The molecule has 2 aliphatic heterocycles. The molecule has 5 aromatic carbocycles. The lowest BCUT2D eigenvalue weighted by molar-refractivity contribution is -0.192. The van der Waals surface area contributed by atoms with Crippen LogP contribution in [0.2, 0.25) is 0 Å². The molecule has 1 aromatic heterocycles. The first kappa shape index (κ1) is 81.2. The zero-order chi connectivity index (χ0) is 75.1. The zero-order valence-electron chi connectivity index (χ0n) is 54.8. The molecule has 3 heterocycles. The average Bonchev–Trinajstić information content (AvgIpc) is 1.61. The first-order valence-corrected chi connectivity index (χ1v) is 31.7. The number of aliphatic carboxylic acids is 5. The molecule has 6 aromatic rings. The molecule has 20 N–H and O–H groups in total. The van der Waals surface area contributed by atoms with Crippen molar-refractivity contribution in [3.63, 3.8) is 0 Å². The van der Waals surface area contributed by atoms with Gasteiger partial charge in [0.15, 0.2) is 0 Å². The number of alkyl halides is 3. The van der Waals surface area contributed by atoms with Crippen LogP contribution in [0, 0.1) is 0 Å². The molecule has 0 aliphatic carbocycles. The molecule has 8 rings (SSSR count). The van der Waals surface area contributed by atoms with E-state index in [-0.39, 0.29) is 51.7 Å². The van der Waals surface area contributed by atoms with Crippen molar-refractivity contribution in [2.45, 2.75) is 125 Å². The van der Waals surface area contributed by atoms with Crippen molar-refractivity contribution in [1.29, 1.82) is 0 Å². The number of benzene rings is 5. The summed E-state index contributed by atoms with van der Waals surface area (Å²) in [6, 6.07) is 31.0. The van der Waals surface area contributed by atoms with Gasteiger partial charge in [0.25, 0.3) is 0 Å². The lowest BCUT2D eigenvalue weighted by Crippen LogP contribution is -2.61. The molecule has 0 saturated carbocycles. The quantitative estimate of drug-likeness (QED) is 0.0406. The van der Waals surface area contributed by atoms with Gasteiger partial charge in [0.2, 0.25) is 35.4 Å². The number of aromatic amines is 1. The summed E-state index contributed by atoms with van der Waals surface area (Å²) in [4.78, 5) is 156. The first-order valence-electron chi connectivity index (χ1n) is 31.7. The van der Waals surface area contributed by atoms with E-state index in [0.717, 1.165) is 16.5 Å². The van der Waals surface area contributed by atoms with E-state index in [1.807, 2.05) is 60.7 Å². The molecule has 0 radical (unpaired) electrons. The van der Waals surface area contributed by atoms with Crippen LogP contribution < -0.4 is 59.6 Å². The minimum absolute atomic E-state index is 0.0385. The van der Waals surface area contributed by atoms with E-state index in [1.165, 1.54) is 4.90 Å². The van der Waals surface area contributed by atoms with Gasteiger partial charge in [-0.3, -0.25) is 47.9 Å². The van der Waals surface area contributed by atoms with E-state index >= 15 is 9.59 Å². The number of carboxylic acid groups (broad SMARTS) is 5. The van der Waals surface area contributed by atoms with Crippen LogP contribution in [0.1, 0.15) is 72.4 Å². The summed E-state index contributed by atoms with van der Waals surface area (Å²) in [6.45, 7) is 0.617. The van der Waals surface area contributed by atoms with Gasteiger partial charge in [-0.05, 0) is 71.8 Å². The van der Waals surface area contributed by atoms with Gasteiger partial charge < -0.3 is 99.7 Å². The number of hydrogen-bond acceptors (Lipinski definition) is 18. The fourth-order valence-electron chi connectivity index (χ4n) is 10.2. The number of carboxylic acids is 5. The summed E-state index contributed by atoms with van der Waals surface area (Å²) in [5.74, 6) is -11.5. The monoisotopic (exact) mass is 1430 g/mol. The number of unbranched alkanes of at least 4 members (excludes halogenated alkanes) is 1. The number of carbonyl (C=O) groups excluding carboxylic acids is 7. The summed E-state index contributed by atoms with van der Waals surface area (Å²) in [5, 5.41) is 57.1. The highest BCUT2D eigenvalue weighted by atomic mass is 19.4. The second-order valence-electron chi connectivity index (χ2n) is 23.1. The van der Waals surface area contributed by atoms with Gasteiger partial charge in [0.1, 0.15) is 66.8 Å². The third-order valence-corrected chi connectivity index (χ3v) is 15.3. The van der Waals surface area contributed by atoms with Crippen LogP contribution in [0.25, 0.3) is 10.9 Å². The maximum atomic E-state index is 15.3. The Labute approximate surface area is 581 Å². The topological polar surface area (TPSA) is 520 Å². The van der Waals surface area contributed by atoms with Crippen molar-refractivity contribution >= 4 is 82.3 Å². The zero-order valence-corrected chi connectivity index (χ0v) is 54.8. The minimum Gasteiger partial charge on any atom is -0.489 e. The molecule has 0 unspecified atom stereocenters. The van der Waals surface area contributed by atoms with Crippen molar-refractivity contribution in [1.82, 2.24) is 41.8 Å². The number of hydrogen-bond donors (Lipinski definition) is 16. The highest BCUT2D eigenvalue weighted by Gasteiger charge is 2.46. The van der Waals surface area contributed by atoms with Crippen LogP contribution in [0.5, 0.6) is 5.75 Å². The van der Waals surface area contributed by atoms with E-state index in [9.17, 15) is 56.3 Å². The number of nitrogens with zero attached hydrogens (tertiary/aromatic N) is 1. The highest BCUT2D eigenvalue weighted by Crippen LogP contribution is 2.27. The lowest BCUT2D eigenvalue weighted by Gasteiger charge is -2.32. The summed E-state index contributed by atoms with van der Waals surface area (Å²) in [7, 11) is 0. The van der Waals surface area contributed by atoms with Gasteiger partial charge in [-0.25, -0.2) is 9.59 Å².